The molecule has 1 rings (SSSR count). The van der Waals surface area contributed by atoms with Gasteiger partial charge >= 0.3 is 0 Å². The van der Waals surface area contributed by atoms with Gasteiger partial charge in [-0.2, -0.15) is 0 Å². The van der Waals surface area contributed by atoms with E-state index in [1.807, 2.05) is 6.08 Å². The van der Waals surface area contributed by atoms with Crippen molar-refractivity contribution in [1.82, 2.24) is 0 Å². The minimum absolute atomic E-state index is 0.0359. The average Bonchev–Trinajstić information content (AvgIpc) is 2.30. The molecule has 1 aliphatic carbocycles. The van der Waals surface area contributed by atoms with Gasteiger partial charge in [0, 0.05) is 0 Å². The van der Waals surface area contributed by atoms with Gasteiger partial charge in [0.25, 0.3) is 0 Å². The molecule has 18 heavy (non-hydrogen) atoms. The van der Waals surface area contributed by atoms with Gasteiger partial charge in [-0.3, -0.25) is 0 Å². The van der Waals surface area contributed by atoms with E-state index in [2.05, 4.69) is 26.8 Å². The average molecular weight is 254 g/mol. The van der Waals surface area contributed by atoms with Crippen LogP contribution in [0.15, 0.2) is 23.3 Å². The highest BCUT2D eigenvalue weighted by Gasteiger charge is 2.07. The Morgan fingerprint density at radius 3 is 2.06 bits per heavy atom. The first-order valence-corrected chi connectivity index (χ1v) is 7.14. The topological polar surface area (TPSA) is 40.5 Å². The highest BCUT2D eigenvalue weighted by Crippen LogP contribution is 2.16. The van der Waals surface area contributed by atoms with E-state index in [1.165, 1.54) is 30.4 Å². The van der Waals surface area contributed by atoms with Crippen LogP contribution in [0.4, 0.5) is 0 Å². The molecule has 2 N–H and O–H groups in total. The first-order valence-electron chi connectivity index (χ1n) is 7.14. The molecule has 0 aromatic rings. The van der Waals surface area contributed by atoms with Gasteiger partial charge in [0.05, 0.1) is 12.7 Å². The summed E-state index contributed by atoms with van der Waals surface area (Å²) in [5.74, 6) is 0. The van der Waals surface area contributed by atoms with Gasteiger partial charge in [-0.25, -0.2) is 0 Å². The highest BCUT2D eigenvalue weighted by atomic mass is 16.3. The van der Waals surface area contributed by atoms with Crippen molar-refractivity contribution in [3.8, 4) is 0 Å². The SMILES string of the molecule is CC(C)=CCCC(C)=CCO.OC1CCCCC1. The van der Waals surface area contributed by atoms with Crippen LogP contribution in [0.3, 0.4) is 0 Å². The molecule has 0 heterocycles. The van der Waals surface area contributed by atoms with Gasteiger partial charge in [0.15, 0.2) is 0 Å². The predicted molar refractivity (Wildman–Crippen MR) is 78.6 cm³/mol. The standard InChI is InChI=1S/C10H18O.C6H12O/c1-9(2)5-4-6-10(3)7-8-11;7-6-4-2-1-3-5-6/h5,7,11H,4,6,8H2,1-3H3;6-7H,1-5H2. The van der Waals surface area contributed by atoms with Crippen LogP contribution in [0.5, 0.6) is 0 Å². The van der Waals surface area contributed by atoms with E-state index in [9.17, 15) is 0 Å². The number of aliphatic hydroxyl groups excluding tert-OH is 2. The lowest BCUT2D eigenvalue weighted by molar-refractivity contribution is 0.130. The molecule has 0 saturated heterocycles. The Labute approximate surface area is 112 Å². The van der Waals surface area contributed by atoms with Crippen molar-refractivity contribution in [2.75, 3.05) is 6.61 Å². The number of hydrogen-bond donors (Lipinski definition) is 2. The van der Waals surface area contributed by atoms with Crippen molar-refractivity contribution in [2.24, 2.45) is 0 Å². The zero-order chi connectivity index (χ0) is 13.8. The quantitative estimate of drug-likeness (QED) is 0.745. The maximum atomic E-state index is 8.91. The maximum Gasteiger partial charge on any atom is 0.0614 e. The minimum Gasteiger partial charge on any atom is -0.393 e. The van der Waals surface area contributed by atoms with E-state index in [0.29, 0.717) is 0 Å². The van der Waals surface area contributed by atoms with E-state index >= 15 is 0 Å². The third-order valence-electron chi connectivity index (χ3n) is 3.11. The Morgan fingerprint density at radius 1 is 1.06 bits per heavy atom. The summed E-state index contributed by atoms with van der Waals surface area (Å²) in [6.07, 6.45) is 12.2. The zero-order valence-electron chi connectivity index (χ0n) is 12.3. The van der Waals surface area contributed by atoms with Crippen LogP contribution in [0, 0.1) is 0 Å². The summed E-state index contributed by atoms with van der Waals surface area (Å²) in [4.78, 5) is 0. The van der Waals surface area contributed by atoms with Gasteiger partial charge < -0.3 is 10.2 Å². The molecule has 2 heteroatoms. The fourth-order valence-electron chi connectivity index (χ4n) is 1.93. The molecular formula is C16H30O2. The number of aliphatic hydroxyl groups is 2. The molecule has 2 nitrogen and oxygen atoms in total. The van der Waals surface area contributed by atoms with Crippen LogP contribution >= 0.6 is 0 Å². The molecular weight excluding hydrogens is 224 g/mol. The number of hydrogen-bond acceptors (Lipinski definition) is 2. The lowest BCUT2D eigenvalue weighted by atomic mass is 9.98. The van der Waals surface area contributed by atoms with Crippen molar-refractivity contribution >= 4 is 0 Å². The Hall–Kier alpha value is -0.600. The molecule has 0 amide bonds. The number of rotatable bonds is 4. The summed E-state index contributed by atoms with van der Waals surface area (Å²) in [7, 11) is 0. The van der Waals surface area contributed by atoms with E-state index in [1.54, 1.807) is 0 Å². The normalized spacial score (nSPS) is 16.8. The second kappa shape index (κ2) is 11.5. The summed E-state index contributed by atoms with van der Waals surface area (Å²) >= 11 is 0. The summed E-state index contributed by atoms with van der Waals surface area (Å²) in [6.45, 7) is 6.42. The number of allylic oxidation sites excluding steroid dienone is 3. The molecule has 0 spiro atoms. The largest absolute Gasteiger partial charge is 0.393 e. The van der Waals surface area contributed by atoms with Crippen LogP contribution in [-0.4, -0.2) is 22.9 Å². The molecule has 1 aliphatic rings. The molecule has 0 atom stereocenters. The van der Waals surface area contributed by atoms with E-state index in [4.69, 9.17) is 10.2 Å². The van der Waals surface area contributed by atoms with Crippen LogP contribution in [0.1, 0.15) is 65.7 Å². The molecule has 0 radical (unpaired) electrons. The van der Waals surface area contributed by atoms with Crippen LogP contribution in [-0.2, 0) is 0 Å². The maximum absolute atomic E-state index is 8.91. The molecule has 0 aliphatic heterocycles. The second-order valence-corrected chi connectivity index (χ2v) is 5.35. The second-order valence-electron chi connectivity index (χ2n) is 5.35. The van der Waals surface area contributed by atoms with Crippen molar-refractivity contribution in [2.45, 2.75) is 71.8 Å². The molecule has 0 bridgehead atoms. The first kappa shape index (κ1) is 17.4. The van der Waals surface area contributed by atoms with Gasteiger partial charge in [0.1, 0.15) is 0 Å². The smallest absolute Gasteiger partial charge is 0.0614 e. The summed E-state index contributed by atoms with van der Waals surface area (Å²) in [6, 6.07) is 0. The van der Waals surface area contributed by atoms with Crippen LogP contribution < -0.4 is 0 Å². The summed E-state index contributed by atoms with van der Waals surface area (Å²) in [5.41, 5.74) is 2.63. The summed E-state index contributed by atoms with van der Waals surface area (Å²) < 4.78 is 0. The van der Waals surface area contributed by atoms with E-state index in [-0.39, 0.29) is 12.7 Å². The van der Waals surface area contributed by atoms with Gasteiger partial charge in [0.2, 0.25) is 0 Å². The zero-order valence-corrected chi connectivity index (χ0v) is 12.3. The van der Waals surface area contributed by atoms with Gasteiger partial charge in [-0.1, -0.05) is 42.6 Å². The van der Waals surface area contributed by atoms with Gasteiger partial charge in [-0.15, -0.1) is 0 Å². The molecule has 106 valence electrons. The third kappa shape index (κ3) is 11.9. The molecule has 1 fully saturated rings. The molecule has 0 aromatic heterocycles. The third-order valence-corrected chi connectivity index (χ3v) is 3.11. The predicted octanol–water partition coefficient (Wildman–Crippen LogP) is 3.98. The van der Waals surface area contributed by atoms with E-state index in [0.717, 1.165) is 25.7 Å². The molecule has 0 aromatic carbocycles. The van der Waals surface area contributed by atoms with Crippen molar-refractivity contribution in [3.05, 3.63) is 23.3 Å². The van der Waals surface area contributed by atoms with Crippen LogP contribution in [0.2, 0.25) is 0 Å². The molecule has 1 saturated carbocycles. The fraction of sp³-hybridized carbons (Fsp3) is 0.750. The van der Waals surface area contributed by atoms with Gasteiger partial charge in [-0.05, 0) is 46.5 Å². The minimum atomic E-state index is 0.0359. The van der Waals surface area contributed by atoms with Crippen LogP contribution in [0.25, 0.3) is 0 Å². The van der Waals surface area contributed by atoms with Crippen molar-refractivity contribution in [1.29, 1.82) is 0 Å². The highest BCUT2D eigenvalue weighted by molar-refractivity contribution is 5.01. The Bertz CT molecular complexity index is 244. The summed E-state index contributed by atoms with van der Waals surface area (Å²) in [5, 5.41) is 17.5. The molecule has 0 unspecified atom stereocenters. The van der Waals surface area contributed by atoms with Crippen molar-refractivity contribution < 1.29 is 10.2 Å². The fourth-order valence-corrected chi connectivity index (χ4v) is 1.93. The first-order chi connectivity index (χ1) is 8.56. The Balaban J connectivity index is 0.000000351. The van der Waals surface area contributed by atoms with Crippen molar-refractivity contribution in [3.63, 3.8) is 0 Å². The lowest BCUT2D eigenvalue weighted by Gasteiger charge is -2.14. The monoisotopic (exact) mass is 254 g/mol. The Kier molecular flexibility index (Phi) is 11.1. The lowest BCUT2D eigenvalue weighted by Crippen LogP contribution is -2.09. The Morgan fingerprint density at radius 2 is 1.67 bits per heavy atom. The van der Waals surface area contributed by atoms with E-state index < -0.39 is 0 Å².